The van der Waals surface area contributed by atoms with Crippen LogP contribution in [0.5, 0.6) is 0 Å². The molecule has 5 heteroatoms. The van der Waals surface area contributed by atoms with E-state index in [1.54, 1.807) is 13.1 Å². The average Bonchev–Trinajstić information content (AvgIpc) is 2.69. The number of aliphatic imine (C=N–C) groups is 1. The van der Waals surface area contributed by atoms with Crippen molar-refractivity contribution in [1.29, 1.82) is 0 Å². The summed E-state index contributed by atoms with van der Waals surface area (Å²) in [5.74, 6) is 0.720. The Morgan fingerprint density at radius 3 is 3.00 bits per heavy atom. The molecule has 0 amide bonds. The van der Waals surface area contributed by atoms with Gasteiger partial charge in [-0.2, -0.15) is 0 Å². The van der Waals surface area contributed by atoms with Crippen molar-refractivity contribution in [2.75, 3.05) is 14.2 Å². The minimum atomic E-state index is -0.271. The molecular weight excluding hydrogens is 194 g/mol. The molecule has 0 spiro atoms. The van der Waals surface area contributed by atoms with Gasteiger partial charge in [0.05, 0.1) is 13.0 Å². The van der Waals surface area contributed by atoms with Crippen LogP contribution >= 0.6 is 0 Å². The number of nitrogens with zero attached hydrogens (tertiary/aromatic N) is 1. The molecular formula is C10H13N3O2. The van der Waals surface area contributed by atoms with E-state index in [2.05, 4.69) is 20.6 Å². The number of fused-ring (bicyclic) bond motifs is 1. The highest BCUT2D eigenvalue weighted by Gasteiger charge is 2.31. The van der Waals surface area contributed by atoms with Crippen molar-refractivity contribution >= 4 is 11.8 Å². The smallest absolute Gasteiger partial charge is 0.333 e. The Morgan fingerprint density at radius 2 is 2.33 bits per heavy atom. The minimum absolute atomic E-state index is 0.133. The van der Waals surface area contributed by atoms with Crippen LogP contribution in [-0.2, 0) is 9.53 Å². The SMILES string of the molecule is CN=C1NNC2=CC=C(C(=O)OC)CC21. The number of hydrazine groups is 1. The van der Waals surface area contributed by atoms with Crippen LogP contribution in [0.25, 0.3) is 0 Å². The second kappa shape index (κ2) is 3.76. The molecule has 5 nitrogen and oxygen atoms in total. The van der Waals surface area contributed by atoms with Crippen LogP contribution < -0.4 is 10.9 Å². The first-order chi connectivity index (χ1) is 7.26. The lowest BCUT2D eigenvalue weighted by Gasteiger charge is -2.15. The molecule has 1 heterocycles. The quantitative estimate of drug-likeness (QED) is 0.600. The molecule has 1 unspecified atom stereocenters. The fourth-order valence-corrected chi connectivity index (χ4v) is 1.79. The summed E-state index contributed by atoms with van der Waals surface area (Å²) in [5, 5.41) is 0. The van der Waals surface area contributed by atoms with Gasteiger partial charge >= 0.3 is 5.97 Å². The molecule has 1 saturated heterocycles. The molecule has 1 aliphatic carbocycles. The number of nitrogens with one attached hydrogen (secondary N) is 2. The number of amidine groups is 1. The van der Waals surface area contributed by atoms with Gasteiger partial charge in [-0.15, -0.1) is 0 Å². The van der Waals surface area contributed by atoms with Crippen molar-refractivity contribution in [3.8, 4) is 0 Å². The van der Waals surface area contributed by atoms with Gasteiger partial charge in [-0.05, 0) is 18.6 Å². The highest BCUT2D eigenvalue weighted by molar-refractivity contribution is 5.94. The normalized spacial score (nSPS) is 26.0. The van der Waals surface area contributed by atoms with Crippen molar-refractivity contribution in [1.82, 2.24) is 10.9 Å². The third-order valence-corrected chi connectivity index (χ3v) is 2.62. The molecule has 80 valence electrons. The lowest BCUT2D eigenvalue weighted by Crippen LogP contribution is -2.26. The van der Waals surface area contributed by atoms with Gasteiger partial charge in [-0.25, -0.2) is 4.79 Å². The first kappa shape index (κ1) is 9.76. The van der Waals surface area contributed by atoms with Crippen LogP contribution in [-0.4, -0.2) is 26.0 Å². The van der Waals surface area contributed by atoms with Gasteiger partial charge in [0.2, 0.25) is 0 Å². The van der Waals surface area contributed by atoms with Crippen molar-refractivity contribution in [2.24, 2.45) is 10.9 Å². The van der Waals surface area contributed by atoms with Gasteiger partial charge in [-0.1, -0.05) is 0 Å². The molecule has 0 aromatic rings. The molecule has 0 aromatic carbocycles. The number of rotatable bonds is 1. The summed E-state index contributed by atoms with van der Waals surface area (Å²) in [6.07, 6.45) is 4.29. The molecule has 1 atom stereocenters. The van der Waals surface area contributed by atoms with Crippen molar-refractivity contribution in [2.45, 2.75) is 6.42 Å². The highest BCUT2D eigenvalue weighted by Crippen LogP contribution is 2.27. The second-order valence-corrected chi connectivity index (χ2v) is 3.42. The summed E-state index contributed by atoms with van der Waals surface area (Å²) >= 11 is 0. The maximum Gasteiger partial charge on any atom is 0.333 e. The van der Waals surface area contributed by atoms with E-state index in [0.29, 0.717) is 12.0 Å². The van der Waals surface area contributed by atoms with Gasteiger partial charge in [-0.3, -0.25) is 10.4 Å². The monoisotopic (exact) mass is 207 g/mol. The minimum Gasteiger partial charge on any atom is -0.466 e. The van der Waals surface area contributed by atoms with Crippen molar-refractivity contribution < 1.29 is 9.53 Å². The molecule has 2 aliphatic rings. The maximum atomic E-state index is 11.3. The topological polar surface area (TPSA) is 62.7 Å². The third kappa shape index (κ3) is 1.60. The van der Waals surface area contributed by atoms with Crippen LogP contribution in [0, 0.1) is 5.92 Å². The number of allylic oxidation sites excluding steroid dienone is 2. The van der Waals surface area contributed by atoms with Crippen LogP contribution in [0.2, 0.25) is 0 Å². The molecule has 0 aromatic heterocycles. The van der Waals surface area contributed by atoms with E-state index in [-0.39, 0.29) is 11.9 Å². The largest absolute Gasteiger partial charge is 0.466 e. The first-order valence-electron chi connectivity index (χ1n) is 4.74. The summed E-state index contributed by atoms with van der Waals surface area (Å²) in [5.41, 5.74) is 7.72. The molecule has 0 saturated carbocycles. The van der Waals surface area contributed by atoms with Gasteiger partial charge in [0, 0.05) is 18.3 Å². The van der Waals surface area contributed by atoms with Crippen LogP contribution in [0.15, 0.2) is 28.4 Å². The summed E-state index contributed by atoms with van der Waals surface area (Å²) in [6, 6.07) is 0. The zero-order valence-electron chi connectivity index (χ0n) is 8.70. The molecule has 0 radical (unpaired) electrons. The number of methoxy groups -OCH3 is 1. The summed E-state index contributed by atoms with van der Waals surface area (Å²) < 4.78 is 4.69. The van der Waals surface area contributed by atoms with Gasteiger partial charge in [0.1, 0.15) is 5.84 Å². The lowest BCUT2D eigenvalue weighted by molar-refractivity contribution is -0.136. The van der Waals surface area contributed by atoms with Gasteiger partial charge in [0.15, 0.2) is 0 Å². The highest BCUT2D eigenvalue weighted by atomic mass is 16.5. The zero-order valence-corrected chi connectivity index (χ0v) is 8.70. The fourth-order valence-electron chi connectivity index (χ4n) is 1.79. The van der Waals surface area contributed by atoms with Crippen molar-refractivity contribution in [3.63, 3.8) is 0 Å². The van der Waals surface area contributed by atoms with E-state index >= 15 is 0 Å². The Labute approximate surface area is 87.9 Å². The fraction of sp³-hybridized carbons (Fsp3) is 0.400. The number of esters is 1. The van der Waals surface area contributed by atoms with E-state index in [1.165, 1.54) is 7.11 Å². The van der Waals surface area contributed by atoms with E-state index in [9.17, 15) is 4.79 Å². The number of ether oxygens (including phenoxy) is 1. The average molecular weight is 207 g/mol. The van der Waals surface area contributed by atoms with E-state index in [0.717, 1.165) is 11.5 Å². The molecule has 1 aliphatic heterocycles. The standard InChI is InChI=1S/C10H13N3O2/c1-11-9-7-5-6(10(14)15-2)3-4-8(7)12-13-9/h3-4,7,12H,5H2,1-2H3,(H,11,13). The Bertz CT molecular complexity index is 382. The van der Waals surface area contributed by atoms with Crippen LogP contribution in [0.4, 0.5) is 0 Å². The van der Waals surface area contributed by atoms with Gasteiger partial charge in [0.25, 0.3) is 0 Å². The van der Waals surface area contributed by atoms with E-state index in [4.69, 9.17) is 0 Å². The number of carbonyl (C=O) groups is 1. The zero-order chi connectivity index (χ0) is 10.8. The molecule has 15 heavy (non-hydrogen) atoms. The van der Waals surface area contributed by atoms with Gasteiger partial charge < -0.3 is 10.2 Å². The molecule has 2 N–H and O–H groups in total. The summed E-state index contributed by atoms with van der Waals surface area (Å²) in [6.45, 7) is 0. The predicted octanol–water partition coefficient (Wildman–Crippen LogP) is 0.126. The predicted molar refractivity (Wildman–Crippen MR) is 55.9 cm³/mol. The van der Waals surface area contributed by atoms with E-state index < -0.39 is 0 Å². The molecule has 0 bridgehead atoms. The Hall–Kier alpha value is -1.78. The Balaban J connectivity index is 2.22. The molecule has 2 rings (SSSR count). The van der Waals surface area contributed by atoms with E-state index in [1.807, 2.05) is 6.08 Å². The third-order valence-electron chi connectivity index (χ3n) is 2.62. The number of carbonyl (C=O) groups excluding carboxylic acids is 1. The first-order valence-corrected chi connectivity index (χ1v) is 4.74. The van der Waals surface area contributed by atoms with Crippen molar-refractivity contribution in [3.05, 3.63) is 23.4 Å². The summed E-state index contributed by atoms with van der Waals surface area (Å²) in [4.78, 5) is 15.5. The lowest BCUT2D eigenvalue weighted by atomic mass is 9.91. The maximum absolute atomic E-state index is 11.3. The Kier molecular flexibility index (Phi) is 2.45. The summed E-state index contributed by atoms with van der Waals surface area (Å²) in [7, 11) is 3.12. The van der Waals surface area contributed by atoms with Crippen LogP contribution in [0.3, 0.4) is 0 Å². The number of hydrogen-bond donors (Lipinski definition) is 2. The van der Waals surface area contributed by atoms with Crippen LogP contribution in [0.1, 0.15) is 6.42 Å². The Morgan fingerprint density at radius 1 is 1.53 bits per heavy atom. The molecule has 1 fully saturated rings. The number of hydrogen-bond acceptors (Lipinski definition) is 4. The second-order valence-electron chi connectivity index (χ2n) is 3.42.